The third kappa shape index (κ3) is 2.94. The number of halogens is 1. The first-order chi connectivity index (χ1) is 8.20. The number of hydrogen-bond donors (Lipinski definition) is 0. The van der Waals surface area contributed by atoms with Crippen molar-refractivity contribution in [2.45, 2.75) is 13.3 Å². The SMILES string of the molecule is Cc1c(C=O)cc(I)cc1Cc1ccccc1. The Balaban J connectivity index is 2.39. The van der Waals surface area contributed by atoms with Crippen LogP contribution in [0.1, 0.15) is 27.0 Å². The van der Waals surface area contributed by atoms with Gasteiger partial charge in [-0.05, 0) is 64.8 Å². The first-order valence-electron chi connectivity index (χ1n) is 5.49. The topological polar surface area (TPSA) is 17.1 Å². The Hall–Kier alpha value is -1.16. The van der Waals surface area contributed by atoms with Gasteiger partial charge in [0.05, 0.1) is 0 Å². The van der Waals surface area contributed by atoms with Crippen LogP contribution in [0.3, 0.4) is 0 Å². The van der Waals surface area contributed by atoms with E-state index < -0.39 is 0 Å². The molecule has 17 heavy (non-hydrogen) atoms. The van der Waals surface area contributed by atoms with Gasteiger partial charge in [-0.15, -0.1) is 0 Å². The molecule has 2 rings (SSSR count). The summed E-state index contributed by atoms with van der Waals surface area (Å²) in [6.07, 6.45) is 1.82. The van der Waals surface area contributed by atoms with Crippen LogP contribution in [0.2, 0.25) is 0 Å². The second-order valence-electron chi connectivity index (χ2n) is 4.06. The zero-order chi connectivity index (χ0) is 12.3. The van der Waals surface area contributed by atoms with E-state index in [4.69, 9.17) is 0 Å². The lowest BCUT2D eigenvalue weighted by molar-refractivity contribution is 0.112. The maximum Gasteiger partial charge on any atom is 0.150 e. The Morgan fingerprint density at radius 3 is 2.53 bits per heavy atom. The van der Waals surface area contributed by atoms with E-state index in [1.165, 1.54) is 11.1 Å². The molecule has 0 atom stereocenters. The van der Waals surface area contributed by atoms with Crippen molar-refractivity contribution in [1.29, 1.82) is 0 Å². The molecule has 0 aliphatic rings. The predicted molar refractivity (Wildman–Crippen MR) is 78.5 cm³/mol. The summed E-state index contributed by atoms with van der Waals surface area (Å²) in [7, 11) is 0. The van der Waals surface area contributed by atoms with Crippen LogP contribution in [-0.2, 0) is 6.42 Å². The van der Waals surface area contributed by atoms with Gasteiger partial charge in [0.15, 0.2) is 0 Å². The largest absolute Gasteiger partial charge is 0.298 e. The smallest absolute Gasteiger partial charge is 0.150 e. The summed E-state index contributed by atoms with van der Waals surface area (Å²) in [4.78, 5) is 11.0. The maximum absolute atomic E-state index is 11.0. The summed E-state index contributed by atoms with van der Waals surface area (Å²) >= 11 is 2.25. The molecule has 0 saturated carbocycles. The van der Waals surface area contributed by atoms with Crippen molar-refractivity contribution in [2.24, 2.45) is 0 Å². The van der Waals surface area contributed by atoms with E-state index in [1.54, 1.807) is 0 Å². The normalized spacial score (nSPS) is 10.2. The third-order valence-electron chi connectivity index (χ3n) is 2.88. The van der Waals surface area contributed by atoms with Crippen LogP contribution in [0.15, 0.2) is 42.5 Å². The molecule has 2 heteroatoms. The fraction of sp³-hybridized carbons (Fsp3) is 0.133. The molecular weight excluding hydrogens is 323 g/mol. The first kappa shape index (κ1) is 12.3. The highest BCUT2D eigenvalue weighted by atomic mass is 127. The molecule has 86 valence electrons. The minimum absolute atomic E-state index is 0.794. The van der Waals surface area contributed by atoms with E-state index in [2.05, 4.69) is 40.8 Å². The molecule has 0 bridgehead atoms. The van der Waals surface area contributed by atoms with E-state index in [1.807, 2.05) is 31.2 Å². The van der Waals surface area contributed by atoms with E-state index in [0.29, 0.717) is 0 Å². The molecule has 1 nitrogen and oxygen atoms in total. The number of carbonyl (C=O) groups excluding carboxylic acids is 1. The van der Waals surface area contributed by atoms with Gasteiger partial charge >= 0.3 is 0 Å². The summed E-state index contributed by atoms with van der Waals surface area (Å²) in [6, 6.07) is 14.4. The Kier molecular flexibility index (Phi) is 3.94. The van der Waals surface area contributed by atoms with Gasteiger partial charge in [-0.3, -0.25) is 4.79 Å². The van der Waals surface area contributed by atoms with Gasteiger partial charge in [0, 0.05) is 9.13 Å². The van der Waals surface area contributed by atoms with Crippen molar-refractivity contribution in [3.63, 3.8) is 0 Å². The van der Waals surface area contributed by atoms with Crippen LogP contribution in [0.5, 0.6) is 0 Å². The van der Waals surface area contributed by atoms with Gasteiger partial charge in [-0.2, -0.15) is 0 Å². The molecule has 0 aromatic heterocycles. The summed E-state index contributed by atoms with van der Waals surface area (Å²) < 4.78 is 1.11. The Morgan fingerprint density at radius 1 is 1.18 bits per heavy atom. The maximum atomic E-state index is 11.0. The molecular formula is C15H13IO. The van der Waals surface area contributed by atoms with Crippen molar-refractivity contribution in [3.05, 3.63) is 68.3 Å². The first-order valence-corrected chi connectivity index (χ1v) is 6.56. The van der Waals surface area contributed by atoms with Crippen molar-refractivity contribution in [1.82, 2.24) is 0 Å². The van der Waals surface area contributed by atoms with Crippen molar-refractivity contribution in [3.8, 4) is 0 Å². The third-order valence-corrected chi connectivity index (χ3v) is 3.51. The molecule has 0 aliphatic carbocycles. The van der Waals surface area contributed by atoms with E-state index in [-0.39, 0.29) is 0 Å². The number of rotatable bonds is 3. The summed E-state index contributed by atoms with van der Waals surface area (Å²) in [5.41, 5.74) is 4.38. The second-order valence-corrected chi connectivity index (χ2v) is 5.30. The van der Waals surface area contributed by atoms with E-state index >= 15 is 0 Å². The second kappa shape index (κ2) is 5.45. The molecule has 0 spiro atoms. The Labute approximate surface area is 115 Å². The average Bonchev–Trinajstić information content (AvgIpc) is 2.34. The summed E-state index contributed by atoms with van der Waals surface area (Å²) in [5, 5.41) is 0. The standard InChI is InChI=1S/C15H13IO/c1-11-13(7-12-5-3-2-4-6-12)8-15(16)9-14(11)10-17/h2-6,8-10H,7H2,1H3. The van der Waals surface area contributed by atoms with Gasteiger partial charge in [-0.25, -0.2) is 0 Å². The summed E-state index contributed by atoms with van der Waals surface area (Å²) in [5.74, 6) is 0. The number of hydrogen-bond acceptors (Lipinski definition) is 1. The van der Waals surface area contributed by atoms with Crippen molar-refractivity contribution >= 4 is 28.9 Å². The van der Waals surface area contributed by atoms with Crippen LogP contribution in [-0.4, -0.2) is 6.29 Å². The Morgan fingerprint density at radius 2 is 1.88 bits per heavy atom. The highest BCUT2D eigenvalue weighted by molar-refractivity contribution is 14.1. The van der Waals surface area contributed by atoms with Crippen LogP contribution >= 0.6 is 22.6 Å². The number of carbonyl (C=O) groups is 1. The minimum atomic E-state index is 0.794. The molecule has 0 heterocycles. The predicted octanol–water partition coefficient (Wildman–Crippen LogP) is 4.00. The average molecular weight is 336 g/mol. The summed E-state index contributed by atoms with van der Waals surface area (Å²) in [6.45, 7) is 2.01. The van der Waals surface area contributed by atoms with Gasteiger partial charge < -0.3 is 0 Å². The number of benzene rings is 2. The van der Waals surface area contributed by atoms with Gasteiger partial charge in [0.2, 0.25) is 0 Å². The van der Waals surface area contributed by atoms with Gasteiger partial charge in [0.1, 0.15) is 6.29 Å². The van der Waals surface area contributed by atoms with E-state index in [9.17, 15) is 4.79 Å². The van der Waals surface area contributed by atoms with Crippen LogP contribution in [0.25, 0.3) is 0 Å². The van der Waals surface area contributed by atoms with Crippen molar-refractivity contribution < 1.29 is 4.79 Å². The van der Waals surface area contributed by atoms with Gasteiger partial charge in [-0.1, -0.05) is 30.3 Å². The Bertz CT molecular complexity index is 532. The lowest BCUT2D eigenvalue weighted by Gasteiger charge is -2.09. The fourth-order valence-electron chi connectivity index (χ4n) is 1.88. The van der Waals surface area contributed by atoms with Crippen molar-refractivity contribution in [2.75, 3.05) is 0 Å². The molecule has 0 N–H and O–H groups in total. The molecule has 0 unspecified atom stereocenters. The molecule has 0 saturated heterocycles. The molecule has 0 radical (unpaired) electrons. The molecule has 0 amide bonds. The van der Waals surface area contributed by atoms with E-state index in [0.717, 1.165) is 27.4 Å². The van der Waals surface area contributed by atoms with Crippen LogP contribution in [0, 0.1) is 10.5 Å². The molecule has 2 aromatic rings. The number of aldehydes is 1. The minimum Gasteiger partial charge on any atom is -0.298 e. The zero-order valence-corrected chi connectivity index (χ0v) is 11.8. The van der Waals surface area contributed by atoms with Gasteiger partial charge in [0.25, 0.3) is 0 Å². The lowest BCUT2D eigenvalue weighted by atomic mass is 9.97. The molecule has 2 aromatic carbocycles. The monoisotopic (exact) mass is 336 g/mol. The zero-order valence-electron chi connectivity index (χ0n) is 9.61. The highest BCUT2D eigenvalue weighted by Crippen LogP contribution is 2.20. The highest BCUT2D eigenvalue weighted by Gasteiger charge is 2.06. The quantitative estimate of drug-likeness (QED) is 0.612. The van der Waals surface area contributed by atoms with Crippen LogP contribution in [0.4, 0.5) is 0 Å². The molecule has 0 fully saturated rings. The molecule has 0 aliphatic heterocycles. The van der Waals surface area contributed by atoms with Crippen LogP contribution < -0.4 is 0 Å². The fourth-order valence-corrected chi connectivity index (χ4v) is 2.59. The lowest BCUT2D eigenvalue weighted by Crippen LogP contribution is -1.97.